The largest absolute Gasteiger partial charge is 0.351 e. The quantitative estimate of drug-likeness (QED) is 0.825. The van der Waals surface area contributed by atoms with Crippen LogP contribution in [0, 0.1) is 0 Å². The van der Waals surface area contributed by atoms with Gasteiger partial charge >= 0.3 is 0 Å². The molecule has 2 aromatic rings. The van der Waals surface area contributed by atoms with Crippen molar-refractivity contribution in [1.29, 1.82) is 0 Å². The number of hydrogen-bond donors (Lipinski definition) is 2. The van der Waals surface area contributed by atoms with Crippen molar-refractivity contribution in [3.63, 3.8) is 0 Å². The summed E-state index contributed by atoms with van der Waals surface area (Å²) in [6.07, 6.45) is 4.13. The summed E-state index contributed by atoms with van der Waals surface area (Å²) in [5, 5.41) is 6.86. The van der Waals surface area contributed by atoms with Crippen molar-refractivity contribution < 1.29 is 4.79 Å². The number of aryl methyl sites for hydroxylation is 1. The summed E-state index contributed by atoms with van der Waals surface area (Å²) in [6.45, 7) is 0.454. The van der Waals surface area contributed by atoms with Gasteiger partial charge in [0.1, 0.15) is 0 Å². The van der Waals surface area contributed by atoms with Gasteiger partial charge in [-0.3, -0.25) is 9.48 Å². The number of nitrogens with one attached hydrogen (secondary N) is 1. The molecular formula is C14H18N4O. The van der Waals surface area contributed by atoms with E-state index >= 15 is 0 Å². The lowest BCUT2D eigenvalue weighted by Crippen LogP contribution is -2.41. The fourth-order valence-corrected chi connectivity index (χ4v) is 1.84. The van der Waals surface area contributed by atoms with Crippen molar-refractivity contribution in [1.82, 2.24) is 15.1 Å². The molecule has 0 aliphatic rings. The molecule has 0 bridgehead atoms. The van der Waals surface area contributed by atoms with Crippen molar-refractivity contribution >= 4 is 5.91 Å². The van der Waals surface area contributed by atoms with Crippen LogP contribution in [0.25, 0.3) is 0 Å². The average molecular weight is 258 g/mol. The summed E-state index contributed by atoms with van der Waals surface area (Å²) in [7, 11) is 1.84. The molecule has 0 aliphatic carbocycles. The van der Waals surface area contributed by atoms with Crippen LogP contribution in [0.1, 0.15) is 11.1 Å². The molecule has 5 heteroatoms. The number of nitrogens with zero attached hydrogens (tertiary/aromatic N) is 2. The maximum absolute atomic E-state index is 11.9. The summed E-state index contributed by atoms with van der Waals surface area (Å²) in [5.74, 6) is -0.146. The molecule has 5 nitrogen and oxygen atoms in total. The monoisotopic (exact) mass is 258 g/mol. The molecule has 0 saturated carbocycles. The van der Waals surface area contributed by atoms with Crippen LogP contribution in [0.2, 0.25) is 0 Å². The van der Waals surface area contributed by atoms with Gasteiger partial charge in [0.05, 0.1) is 12.2 Å². The molecule has 0 spiro atoms. The second-order valence-corrected chi connectivity index (χ2v) is 4.54. The zero-order valence-corrected chi connectivity index (χ0v) is 10.9. The van der Waals surface area contributed by atoms with E-state index in [0.29, 0.717) is 13.0 Å². The smallest absolute Gasteiger partial charge is 0.237 e. The number of carbonyl (C=O) groups is 1. The predicted molar refractivity (Wildman–Crippen MR) is 73.2 cm³/mol. The van der Waals surface area contributed by atoms with Crippen LogP contribution in [0.3, 0.4) is 0 Å². The first-order valence-electron chi connectivity index (χ1n) is 6.20. The second kappa shape index (κ2) is 6.15. The van der Waals surface area contributed by atoms with Crippen LogP contribution >= 0.6 is 0 Å². The summed E-state index contributed by atoms with van der Waals surface area (Å²) in [6, 6.07) is 9.23. The lowest BCUT2D eigenvalue weighted by molar-refractivity contribution is -0.122. The fraction of sp³-hybridized carbons (Fsp3) is 0.286. The van der Waals surface area contributed by atoms with E-state index in [0.717, 1.165) is 11.1 Å². The third-order valence-corrected chi connectivity index (χ3v) is 2.86. The molecular weight excluding hydrogens is 240 g/mol. The Balaban J connectivity index is 1.82. The van der Waals surface area contributed by atoms with Gasteiger partial charge in [-0.05, 0) is 12.0 Å². The molecule has 0 fully saturated rings. The Hall–Kier alpha value is -2.14. The standard InChI is InChI=1S/C14H18N4O/c1-18-10-12(9-17-18)8-16-14(19)13(15)7-11-5-3-2-4-6-11/h2-6,9-10,13H,7-8,15H2,1H3,(H,16,19)/t13-/m0/s1. The van der Waals surface area contributed by atoms with E-state index < -0.39 is 6.04 Å². The molecule has 19 heavy (non-hydrogen) atoms. The van der Waals surface area contributed by atoms with Crippen molar-refractivity contribution in [2.75, 3.05) is 0 Å². The minimum atomic E-state index is -0.529. The number of hydrogen-bond acceptors (Lipinski definition) is 3. The zero-order valence-electron chi connectivity index (χ0n) is 10.9. The fourth-order valence-electron chi connectivity index (χ4n) is 1.84. The molecule has 1 aromatic heterocycles. The first kappa shape index (κ1) is 13.3. The predicted octanol–water partition coefficient (Wildman–Crippen LogP) is 0.606. The highest BCUT2D eigenvalue weighted by molar-refractivity contribution is 5.81. The number of benzene rings is 1. The summed E-state index contributed by atoms with van der Waals surface area (Å²) in [4.78, 5) is 11.9. The molecule has 3 N–H and O–H groups in total. The average Bonchev–Trinajstić information content (AvgIpc) is 2.83. The van der Waals surface area contributed by atoms with Crippen molar-refractivity contribution in [2.45, 2.75) is 19.0 Å². The lowest BCUT2D eigenvalue weighted by atomic mass is 10.1. The second-order valence-electron chi connectivity index (χ2n) is 4.54. The Labute approximate surface area is 112 Å². The number of nitrogens with two attached hydrogens (primary N) is 1. The topological polar surface area (TPSA) is 72.9 Å². The van der Waals surface area contributed by atoms with Crippen LogP contribution in [0.4, 0.5) is 0 Å². The molecule has 0 radical (unpaired) electrons. The van der Waals surface area contributed by atoms with Crippen molar-refractivity contribution in [3.05, 3.63) is 53.9 Å². The van der Waals surface area contributed by atoms with Crippen LogP contribution in [-0.4, -0.2) is 21.7 Å². The van der Waals surface area contributed by atoms with E-state index in [1.165, 1.54) is 0 Å². The Morgan fingerprint density at radius 3 is 2.74 bits per heavy atom. The summed E-state index contributed by atoms with van der Waals surface area (Å²) >= 11 is 0. The zero-order chi connectivity index (χ0) is 13.7. The van der Waals surface area contributed by atoms with Gasteiger partial charge in [-0.25, -0.2) is 0 Å². The van der Waals surface area contributed by atoms with Crippen molar-refractivity contribution in [3.8, 4) is 0 Å². The Kier molecular flexibility index (Phi) is 4.30. The molecule has 0 saturated heterocycles. The van der Waals surface area contributed by atoms with Gasteiger partial charge < -0.3 is 11.1 Å². The van der Waals surface area contributed by atoms with Crippen molar-refractivity contribution in [2.24, 2.45) is 12.8 Å². The highest BCUT2D eigenvalue weighted by atomic mass is 16.2. The van der Waals surface area contributed by atoms with Gasteiger partial charge in [-0.2, -0.15) is 5.10 Å². The highest BCUT2D eigenvalue weighted by Gasteiger charge is 2.13. The molecule has 1 heterocycles. The van der Waals surface area contributed by atoms with E-state index in [1.807, 2.05) is 43.6 Å². The van der Waals surface area contributed by atoms with E-state index in [4.69, 9.17) is 5.73 Å². The summed E-state index contributed by atoms with van der Waals surface area (Å²) in [5.41, 5.74) is 7.91. The minimum absolute atomic E-state index is 0.146. The van der Waals surface area contributed by atoms with Crippen LogP contribution in [0.5, 0.6) is 0 Å². The summed E-state index contributed by atoms with van der Waals surface area (Å²) < 4.78 is 1.70. The van der Waals surface area contributed by atoms with Gasteiger partial charge in [-0.15, -0.1) is 0 Å². The molecule has 1 aromatic carbocycles. The molecule has 0 unspecified atom stereocenters. The maximum Gasteiger partial charge on any atom is 0.237 e. The number of rotatable bonds is 5. The molecule has 0 aliphatic heterocycles. The normalized spacial score (nSPS) is 12.1. The maximum atomic E-state index is 11.9. The third-order valence-electron chi connectivity index (χ3n) is 2.86. The van der Waals surface area contributed by atoms with E-state index in [9.17, 15) is 4.79 Å². The van der Waals surface area contributed by atoms with Gasteiger partial charge in [-0.1, -0.05) is 30.3 Å². The number of carbonyl (C=O) groups excluding carboxylic acids is 1. The highest BCUT2D eigenvalue weighted by Crippen LogP contribution is 2.02. The van der Waals surface area contributed by atoms with E-state index in [2.05, 4.69) is 10.4 Å². The van der Waals surface area contributed by atoms with E-state index in [1.54, 1.807) is 10.9 Å². The van der Waals surface area contributed by atoms with Gasteiger partial charge in [0.15, 0.2) is 0 Å². The molecule has 1 amide bonds. The third kappa shape index (κ3) is 3.93. The van der Waals surface area contributed by atoms with Crippen LogP contribution in [-0.2, 0) is 24.8 Å². The van der Waals surface area contributed by atoms with E-state index in [-0.39, 0.29) is 5.91 Å². The Bertz CT molecular complexity index is 535. The first-order chi connectivity index (χ1) is 9.15. The van der Waals surface area contributed by atoms with Crippen LogP contribution in [0.15, 0.2) is 42.7 Å². The van der Waals surface area contributed by atoms with Gasteiger partial charge in [0.25, 0.3) is 0 Å². The van der Waals surface area contributed by atoms with Gasteiger partial charge in [0.2, 0.25) is 5.91 Å². The SMILES string of the molecule is Cn1cc(CNC(=O)[C@@H](N)Cc2ccccc2)cn1. The Morgan fingerprint density at radius 2 is 2.11 bits per heavy atom. The van der Waals surface area contributed by atoms with Crippen LogP contribution < -0.4 is 11.1 Å². The Morgan fingerprint density at radius 1 is 1.37 bits per heavy atom. The number of amides is 1. The minimum Gasteiger partial charge on any atom is -0.351 e. The first-order valence-corrected chi connectivity index (χ1v) is 6.20. The molecule has 1 atom stereocenters. The van der Waals surface area contributed by atoms with Gasteiger partial charge in [0, 0.05) is 25.4 Å². The lowest BCUT2D eigenvalue weighted by Gasteiger charge is -2.11. The number of aromatic nitrogens is 2. The molecule has 100 valence electrons. The molecule has 2 rings (SSSR count).